The molecular weight excluding hydrogens is 414 g/mol. The molecule has 1 heterocycles. The highest BCUT2D eigenvalue weighted by atomic mass is 16.6. The van der Waals surface area contributed by atoms with Crippen LogP contribution in [-0.2, 0) is 0 Å². The number of phenols is 1. The smallest absolute Gasteiger partial charge is 0.339 e. The maximum Gasteiger partial charge on any atom is 0.339 e. The zero-order valence-corrected chi connectivity index (χ0v) is 16.5. The van der Waals surface area contributed by atoms with Crippen molar-refractivity contribution in [2.45, 2.75) is 6.04 Å². The Morgan fingerprint density at radius 2 is 1.56 bits per heavy atom. The normalized spacial score (nSPS) is 15.6. The Bertz CT molecular complexity index is 1220. The van der Waals surface area contributed by atoms with Crippen LogP contribution in [0.25, 0.3) is 11.3 Å². The highest BCUT2D eigenvalue weighted by Gasteiger charge is 2.33. The largest absolute Gasteiger partial charge is 0.501 e. The van der Waals surface area contributed by atoms with Crippen LogP contribution in [0.5, 0.6) is 5.75 Å². The fraction of sp³-hybridized carbons (Fsp3) is 0.0435. The SMILES string of the molecule is O=C1NC(c2ccccc2)=C(c2ccccc2)C(c2cc(C(=O)O)c(O)c([N+](=O)[O-])c2)N1. The molecule has 0 radical (unpaired) electrons. The van der Waals surface area contributed by atoms with Gasteiger partial charge in [-0.2, -0.15) is 0 Å². The number of aromatic hydroxyl groups is 1. The van der Waals surface area contributed by atoms with Gasteiger partial charge >= 0.3 is 17.7 Å². The lowest BCUT2D eigenvalue weighted by Crippen LogP contribution is -2.43. The highest BCUT2D eigenvalue weighted by Crippen LogP contribution is 2.41. The van der Waals surface area contributed by atoms with E-state index in [0.29, 0.717) is 16.8 Å². The van der Waals surface area contributed by atoms with Crippen LogP contribution in [-0.4, -0.2) is 27.1 Å². The molecule has 3 aromatic carbocycles. The summed E-state index contributed by atoms with van der Waals surface area (Å²) in [5.41, 5.74) is 1.26. The van der Waals surface area contributed by atoms with Crippen molar-refractivity contribution in [2.75, 3.05) is 0 Å². The van der Waals surface area contributed by atoms with Crippen molar-refractivity contribution in [3.05, 3.63) is 105 Å². The lowest BCUT2D eigenvalue weighted by Gasteiger charge is -2.31. The first kappa shape index (κ1) is 20.6. The van der Waals surface area contributed by atoms with Gasteiger partial charge < -0.3 is 20.8 Å². The Balaban J connectivity index is 2.02. The number of nitro groups is 1. The van der Waals surface area contributed by atoms with Crippen LogP contribution < -0.4 is 10.6 Å². The average molecular weight is 431 g/mol. The quantitative estimate of drug-likeness (QED) is 0.356. The molecule has 1 aliphatic heterocycles. The van der Waals surface area contributed by atoms with Gasteiger partial charge in [-0.05, 0) is 22.8 Å². The number of nitrogens with one attached hydrogen (secondary N) is 2. The van der Waals surface area contributed by atoms with Crippen molar-refractivity contribution in [3.8, 4) is 5.75 Å². The molecule has 0 fully saturated rings. The Morgan fingerprint density at radius 1 is 0.969 bits per heavy atom. The van der Waals surface area contributed by atoms with Gasteiger partial charge in [0.15, 0.2) is 0 Å². The van der Waals surface area contributed by atoms with Gasteiger partial charge in [0, 0.05) is 11.6 Å². The Labute approximate surface area is 181 Å². The van der Waals surface area contributed by atoms with Crippen molar-refractivity contribution in [2.24, 2.45) is 0 Å². The molecule has 32 heavy (non-hydrogen) atoms. The first-order valence-corrected chi connectivity index (χ1v) is 9.54. The van der Waals surface area contributed by atoms with Crippen molar-refractivity contribution in [3.63, 3.8) is 0 Å². The van der Waals surface area contributed by atoms with Gasteiger partial charge in [-0.3, -0.25) is 10.1 Å². The summed E-state index contributed by atoms with van der Waals surface area (Å²) in [4.78, 5) is 34.8. The number of rotatable bonds is 5. The number of urea groups is 1. The minimum Gasteiger partial charge on any atom is -0.501 e. The number of benzene rings is 3. The van der Waals surface area contributed by atoms with Gasteiger partial charge in [-0.15, -0.1) is 0 Å². The summed E-state index contributed by atoms with van der Waals surface area (Å²) in [6.45, 7) is 0. The molecule has 0 bridgehead atoms. The third kappa shape index (κ3) is 3.74. The summed E-state index contributed by atoms with van der Waals surface area (Å²) < 4.78 is 0. The summed E-state index contributed by atoms with van der Waals surface area (Å²) in [6.07, 6.45) is 0. The van der Waals surface area contributed by atoms with Gasteiger partial charge in [0.25, 0.3) is 0 Å². The van der Waals surface area contributed by atoms with E-state index in [1.165, 1.54) is 0 Å². The van der Waals surface area contributed by atoms with E-state index < -0.39 is 40.0 Å². The zero-order chi connectivity index (χ0) is 22.8. The van der Waals surface area contributed by atoms with Crippen molar-refractivity contribution in [1.82, 2.24) is 10.6 Å². The van der Waals surface area contributed by atoms with E-state index in [1.807, 2.05) is 48.5 Å². The van der Waals surface area contributed by atoms with Crippen molar-refractivity contribution in [1.29, 1.82) is 0 Å². The fourth-order valence-electron chi connectivity index (χ4n) is 3.69. The topological polar surface area (TPSA) is 142 Å². The van der Waals surface area contributed by atoms with Crippen molar-refractivity contribution >= 4 is 29.0 Å². The third-order valence-electron chi connectivity index (χ3n) is 5.09. The maximum atomic E-state index is 12.6. The predicted octanol–water partition coefficient (Wildman–Crippen LogP) is 3.92. The Kier molecular flexibility index (Phi) is 5.30. The summed E-state index contributed by atoms with van der Waals surface area (Å²) in [7, 11) is 0. The molecule has 9 nitrogen and oxygen atoms in total. The molecule has 1 atom stereocenters. The van der Waals surface area contributed by atoms with E-state index in [-0.39, 0.29) is 5.56 Å². The monoisotopic (exact) mass is 431 g/mol. The van der Waals surface area contributed by atoms with E-state index in [4.69, 9.17) is 0 Å². The predicted molar refractivity (Wildman–Crippen MR) is 116 cm³/mol. The van der Waals surface area contributed by atoms with Crippen LogP contribution in [0, 0.1) is 10.1 Å². The number of amides is 2. The third-order valence-corrected chi connectivity index (χ3v) is 5.09. The van der Waals surface area contributed by atoms with E-state index in [2.05, 4.69) is 10.6 Å². The first-order valence-electron chi connectivity index (χ1n) is 9.54. The molecule has 4 N–H and O–H groups in total. The number of carboxylic acids is 1. The van der Waals surface area contributed by atoms with Crippen LogP contribution in [0.3, 0.4) is 0 Å². The second kappa shape index (κ2) is 8.23. The zero-order valence-electron chi connectivity index (χ0n) is 16.5. The molecule has 4 rings (SSSR count). The fourth-order valence-corrected chi connectivity index (χ4v) is 3.69. The summed E-state index contributed by atoms with van der Waals surface area (Å²) in [5, 5.41) is 36.5. The summed E-state index contributed by atoms with van der Waals surface area (Å²) in [6, 6.07) is 18.9. The van der Waals surface area contributed by atoms with Gasteiger partial charge in [0.05, 0.1) is 16.7 Å². The molecule has 9 heteroatoms. The lowest BCUT2D eigenvalue weighted by molar-refractivity contribution is -0.386. The van der Waals surface area contributed by atoms with Gasteiger partial charge in [0.2, 0.25) is 5.75 Å². The number of nitrogens with zero attached hydrogens (tertiary/aromatic N) is 1. The Morgan fingerprint density at radius 3 is 2.12 bits per heavy atom. The minimum absolute atomic E-state index is 0.147. The van der Waals surface area contributed by atoms with Gasteiger partial charge in [0.1, 0.15) is 5.56 Å². The minimum atomic E-state index is -1.53. The van der Waals surface area contributed by atoms with Crippen molar-refractivity contribution < 1.29 is 24.7 Å². The second-order valence-corrected chi connectivity index (χ2v) is 7.05. The van der Waals surface area contributed by atoms with E-state index in [9.17, 15) is 29.9 Å². The lowest BCUT2D eigenvalue weighted by atomic mass is 9.87. The second-order valence-electron chi connectivity index (χ2n) is 7.05. The molecule has 0 saturated carbocycles. The summed E-state index contributed by atoms with van der Waals surface area (Å²) in [5.74, 6) is -2.47. The highest BCUT2D eigenvalue weighted by molar-refractivity contribution is 6.03. The van der Waals surface area contributed by atoms with Gasteiger partial charge in [-0.1, -0.05) is 60.7 Å². The maximum absolute atomic E-state index is 12.6. The molecule has 3 aromatic rings. The van der Waals surface area contributed by atoms with Crippen LogP contribution in [0.2, 0.25) is 0 Å². The first-order chi connectivity index (χ1) is 15.4. The van der Waals surface area contributed by atoms with Gasteiger partial charge in [-0.25, -0.2) is 9.59 Å². The number of aromatic carboxylic acids is 1. The number of hydrogen-bond donors (Lipinski definition) is 4. The summed E-state index contributed by atoms with van der Waals surface area (Å²) >= 11 is 0. The molecule has 0 aromatic heterocycles. The van der Waals surface area contributed by atoms with E-state index in [0.717, 1.165) is 17.7 Å². The van der Waals surface area contributed by atoms with Crippen LogP contribution in [0.4, 0.5) is 10.5 Å². The molecule has 0 aliphatic carbocycles. The molecule has 2 amide bonds. The molecule has 160 valence electrons. The molecule has 0 saturated heterocycles. The Hall–Kier alpha value is -4.66. The molecule has 0 spiro atoms. The molecular formula is C23H17N3O6. The molecule has 1 unspecified atom stereocenters. The van der Waals surface area contributed by atoms with Crippen LogP contribution in [0.1, 0.15) is 33.1 Å². The number of carbonyl (C=O) groups excluding carboxylic acids is 1. The molecule has 1 aliphatic rings. The number of hydrogen-bond acceptors (Lipinski definition) is 5. The average Bonchev–Trinajstić information content (AvgIpc) is 2.79. The van der Waals surface area contributed by atoms with E-state index >= 15 is 0 Å². The van der Waals surface area contributed by atoms with Crippen LogP contribution >= 0.6 is 0 Å². The van der Waals surface area contributed by atoms with Crippen LogP contribution in [0.15, 0.2) is 72.8 Å². The standard InChI is InChI=1S/C23H17N3O6/c27-21-16(22(28)29)11-15(12-17(21)26(31)32)20-18(13-7-3-1-4-8-13)19(24-23(30)25-20)14-9-5-2-6-10-14/h1-12,20,27H,(H,28,29)(H2,24,25,30). The number of carboxylic acid groups (broad SMARTS) is 1. The van der Waals surface area contributed by atoms with E-state index in [1.54, 1.807) is 12.1 Å². The number of nitro benzene ring substituents is 1. The number of carbonyl (C=O) groups is 2.